The van der Waals surface area contributed by atoms with Gasteiger partial charge in [-0.05, 0) is 67.7 Å². The van der Waals surface area contributed by atoms with Crippen molar-refractivity contribution in [2.75, 3.05) is 18.0 Å². The Hall–Kier alpha value is -2.17. The maximum atomic E-state index is 13.1. The zero-order valence-corrected chi connectivity index (χ0v) is 15.3. The van der Waals surface area contributed by atoms with E-state index in [0.717, 1.165) is 62.9 Å². The van der Waals surface area contributed by atoms with Gasteiger partial charge in [-0.15, -0.1) is 0 Å². The van der Waals surface area contributed by atoms with E-state index in [1.54, 1.807) is 6.92 Å². The summed E-state index contributed by atoms with van der Waals surface area (Å²) in [6, 6.07) is 4.07. The van der Waals surface area contributed by atoms with Gasteiger partial charge in [-0.2, -0.15) is 0 Å². The van der Waals surface area contributed by atoms with Crippen molar-refractivity contribution in [3.05, 3.63) is 28.8 Å². The van der Waals surface area contributed by atoms with Crippen LogP contribution in [-0.2, 0) is 22.4 Å². The summed E-state index contributed by atoms with van der Waals surface area (Å²) in [6.07, 6.45) is 5.97. The minimum Gasteiger partial charge on any atom is -0.356 e. The van der Waals surface area contributed by atoms with Crippen molar-refractivity contribution >= 4 is 23.3 Å². The van der Waals surface area contributed by atoms with Crippen molar-refractivity contribution in [3.8, 4) is 0 Å². The maximum Gasteiger partial charge on any atom is 0.227 e. The third-order valence-electron chi connectivity index (χ3n) is 6.19. The lowest BCUT2D eigenvalue weighted by Crippen LogP contribution is -2.33. The van der Waals surface area contributed by atoms with Crippen molar-refractivity contribution in [1.29, 1.82) is 0 Å². The molecular formula is C21H26N2O3. The molecule has 3 aliphatic rings. The fourth-order valence-electron chi connectivity index (χ4n) is 4.75. The zero-order chi connectivity index (χ0) is 18.3. The molecule has 1 aliphatic carbocycles. The highest BCUT2D eigenvalue weighted by molar-refractivity contribution is 6.02. The van der Waals surface area contributed by atoms with Crippen LogP contribution < -0.4 is 10.2 Å². The van der Waals surface area contributed by atoms with Gasteiger partial charge in [-0.1, -0.05) is 0 Å². The van der Waals surface area contributed by atoms with Crippen LogP contribution in [0.15, 0.2) is 12.1 Å². The Morgan fingerprint density at radius 3 is 2.46 bits per heavy atom. The van der Waals surface area contributed by atoms with Gasteiger partial charge in [0.2, 0.25) is 11.8 Å². The molecule has 0 unspecified atom stereocenters. The first-order chi connectivity index (χ1) is 12.5. The van der Waals surface area contributed by atoms with Gasteiger partial charge in [0.1, 0.15) is 0 Å². The van der Waals surface area contributed by atoms with E-state index in [1.165, 1.54) is 11.1 Å². The van der Waals surface area contributed by atoms with E-state index in [-0.39, 0.29) is 23.5 Å². The largest absolute Gasteiger partial charge is 0.356 e. The van der Waals surface area contributed by atoms with E-state index in [2.05, 4.69) is 5.32 Å². The fraction of sp³-hybridized carbons (Fsp3) is 0.571. The number of anilines is 1. The number of aryl methyl sites for hydroxylation is 1. The summed E-state index contributed by atoms with van der Waals surface area (Å²) in [5.41, 5.74) is 4.25. The number of rotatable bonds is 4. The highest BCUT2D eigenvalue weighted by Gasteiger charge is 2.33. The topological polar surface area (TPSA) is 66.5 Å². The lowest BCUT2D eigenvalue weighted by atomic mass is 9.78. The molecule has 2 amide bonds. The Morgan fingerprint density at radius 1 is 1.08 bits per heavy atom. The van der Waals surface area contributed by atoms with Crippen LogP contribution in [0.25, 0.3) is 0 Å². The molecule has 1 aromatic carbocycles. The number of carbonyl (C=O) groups excluding carboxylic acids is 3. The van der Waals surface area contributed by atoms with E-state index in [4.69, 9.17) is 0 Å². The van der Waals surface area contributed by atoms with Crippen molar-refractivity contribution in [1.82, 2.24) is 5.32 Å². The molecule has 0 radical (unpaired) electrons. The van der Waals surface area contributed by atoms with Gasteiger partial charge in [-0.25, -0.2) is 0 Å². The smallest absolute Gasteiger partial charge is 0.227 e. The third-order valence-corrected chi connectivity index (χ3v) is 6.19. The first-order valence-electron chi connectivity index (χ1n) is 9.77. The summed E-state index contributed by atoms with van der Waals surface area (Å²) in [5.74, 6) is 1.08. The van der Waals surface area contributed by atoms with Crippen molar-refractivity contribution in [2.24, 2.45) is 11.8 Å². The van der Waals surface area contributed by atoms with E-state index < -0.39 is 0 Å². The molecule has 1 N–H and O–H groups in total. The van der Waals surface area contributed by atoms with Crippen LogP contribution in [0.2, 0.25) is 0 Å². The van der Waals surface area contributed by atoms with Crippen molar-refractivity contribution in [3.63, 3.8) is 0 Å². The van der Waals surface area contributed by atoms with E-state index in [1.807, 2.05) is 17.0 Å². The summed E-state index contributed by atoms with van der Waals surface area (Å²) in [4.78, 5) is 38.1. The number of nitrogens with one attached hydrogen (secondary N) is 1. The molecule has 2 heterocycles. The molecule has 0 atom stereocenters. The number of benzene rings is 1. The van der Waals surface area contributed by atoms with Crippen LogP contribution in [0.5, 0.6) is 0 Å². The average molecular weight is 354 g/mol. The summed E-state index contributed by atoms with van der Waals surface area (Å²) in [7, 11) is 0. The van der Waals surface area contributed by atoms with Crippen LogP contribution in [0.1, 0.15) is 60.5 Å². The monoisotopic (exact) mass is 354 g/mol. The molecule has 0 saturated heterocycles. The minimum absolute atomic E-state index is 0.0165. The first kappa shape index (κ1) is 17.3. The number of carbonyl (C=O) groups is 3. The Bertz CT molecular complexity index is 763. The molecule has 5 heteroatoms. The molecule has 0 aromatic heterocycles. The second-order valence-corrected chi connectivity index (χ2v) is 7.96. The predicted molar refractivity (Wildman–Crippen MR) is 99.3 cm³/mol. The van der Waals surface area contributed by atoms with Gasteiger partial charge in [0.15, 0.2) is 5.78 Å². The highest BCUT2D eigenvalue weighted by Crippen LogP contribution is 2.39. The van der Waals surface area contributed by atoms with Crippen molar-refractivity contribution in [2.45, 2.75) is 51.9 Å². The number of Topliss-reactive ketones (excluding diaryl/α,β-unsaturated/α-hetero) is 1. The highest BCUT2D eigenvalue weighted by atomic mass is 16.2. The molecule has 4 rings (SSSR count). The Labute approximate surface area is 154 Å². The summed E-state index contributed by atoms with van der Waals surface area (Å²) in [5, 5.41) is 2.89. The maximum absolute atomic E-state index is 13.1. The lowest BCUT2D eigenvalue weighted by Gasteiger charge is -2.29. The second-order valence-electron chi connectivity index (χ2n) is 7.96. The summed E-state index contributed by atoms with van der Waals surface area (Å²) >= 11 is 0. The predicted octanol–water partition coefficient (Wildman–Crippen LogP) is 2.65. The van der Waals surface area contributed by atoms with Crippen LogP contribution in [0, 0.1) is 11.8 Å². The molecule has 1 fully saturated rings. The average Bonchev–Trinajstić information content (AvgIpc) is 3.08. The molecule has 0 spiro atoms. The summed E-state index contributed by atoms with van der Waals surface area (Å²) in [6.45, 7) is 3.03. The molecule has 5 nitrogen and oxygen atoms in total. The van der Waals surface area contributed by atoms with Crippen molar-refractivity contribution < 1.29 is 14.4 Å². The molecule has 1 aromatic rings. The molecular weight excluding hydrogens is 328 g/mol. The lowest BCUT2D eigenvalue weighted by molar-refractivity contribution is -0.119. The number of ketones is 1. The fourth-order valence-corrected chi connectivity index (χ4v) is 4.75. The normalized spacial score (nSPS) is 24.3. The molecule has 2 aliphatic heterocycles. The number of amides is 2. The van der Waals surface area contributed by atoms with Gasteiger partial charge in [0.25, 0.3) is 0 Å². The Morgan fingerprint density at radius 2 is 1.77 bits per heavy atom. The second kappa shape index (κ2) is 6.86. The molecule has 1 saturated carbocycles. The molecule has 0 bridgehead atoms. The molecule has 138 valence electrons. The Kier molecular flexibility index (Phi) is 4.55. The Balaban J connectivity index is 1.45. The standard InChI is InChI=1S/C21H26N2O3/c1-13(24)22-12-14-2-4-15(5-3-14)21(26)18-10-16-6-7-19(25)23-9-8-17(11-18)20(16)23/h10-11,14-15H,2-9,12H2,1H3,(H,22,24)/t14-,15-. The first-order valence-corrected chi connectivity index (χ1v) is 9.77. The van der Waals surface area contributed by atoms with Gasteiger partial charge >= 0.3 is 0 Å². The van der Waals surface area contributed by atoms with Gasteiger partial charge in [0.05, 0.1) is 5.69 Å². The molecule has 26 heavy (non-hydrogen) atoms. The zero-order valence-electron chi connectivity index (χ0n) is 15.3. The van der Waals surface area contributed by atoms with E-state index in [9.17, 15) is 14.4 Å². The van der Waals surface area contributed by atoms with Crippen LogP contribution in [0.3, 0.4) is 0 Å². The quantitative estimate of drug-likeness (QED) is 0.846. The van der Waals surface area contributed by atoms with Crippen LogP contribution in [0.4, 0.5) is 5.69 Å². The number of hydrogen-bond donors (Lipinski definition) is 1. The third kappa shape index (κ3) is 3.15. The number of hydrogen-bond acceptors (Lipinski definition) is 3. The number of nitrogens with zero attached hydrogens (tertiary/aromatic N) is 1. The van der Waals surface area contributed by atoms with E-state index >= 15 is 0 Å². The van der Waals surface area contributed by atoms with Gasteiger partial charge in [0, 0.05) is 37.9 Å². The van der Waals surface area contributed by atoms with Crippen LogP contribution in [-0.4, -0.2) is 30.7 Å². The van der Waals surface area contributed by atoms with Gasteiger partial charge in [-0.3, -0.25) is 14.4 Å². The SMILES string of the molecule is CC(=O)NC[C@H]1CC[C@H](C(=O)c2cc3c4c(c2)CCN4C(=O)CC3)CC1. The summed E-state index contributed by atoms with van der Waals surface area (Å²) < 4.78 is 0. The van der Waals surface area contributed by atoms with E-state index in [0.29, 0.717) is 12.3 Å². The minimum atomic E-state index is 0.0165. The van der Waals surface area contributed by atoms with Gasteiger partial charge < -0.3 is 10.2 Å². The van der Waals surface area contributed by atoms with Crippen LogP contribution >= 0.6 is 0 Å².